The second-order valence-corrected chi connectivity index (χ2v) is 8.81. The number of hydrogen-bond donors (Lipinski definition) is 3. The van der Waals surface area contributed by atoms with Gasteiger partial charge in [0.15, 0.2) is 0 Å². The first kappa shape index (κ1) is 27.3. The molecule has 0 amide bonds. The van der Waals surface area contributed by atoms with Crippen LogP contribution in [0.1, 0.15) is 110 Å². The maximum atomic E-state index is 11.8. The molecule has 30 heavy (non-hydrogen) atoms. The van der Waals surface area contributed by atoms with Gasteiger partial charge in [-0.3, -0.25) is 4.79 Å². The summed E-state index contributed by atoms with van der Waals surface area (Å²) in [6.45, 7) is 2.03. The number of unbranched alkanes of at least 4 members (excludes halogenated alkanes) is 14. The Labute approximate surface area is 183 Å². The highest BCUT2D eigenvalue weighted by atomic mass is 16.6. The van der Waals surface area contributed by atoms with E-state index in [1.807, 2.05) is 0 Å². The Morgan fingerprint density at radius 3 is 1.77 bits per heavy atom. The highest BCUT2D eigenvalue weighted by Gasteiger charge is 2.39. The van der Waals surface area contributed by atoms with Gasteiger partial charge >= 0.3 is 5.97 Å². The van der Waals surface area contributed by atoms with Gasteiger partial charge in [0, 0.05) is 6.42 Å². The van der Waals surface area contributed by atoms with Gasteiger partial charge in [-0.05, 0) is 6.42 Å². The van der Waals surface area contributed by atoms with Gasteiger partial charge in [-0.2, -0.15) is 0 Å². The monoisotopic (exact) mass is 430 g/mol. The lowest BCUT2D eigenvalue weighted by Crippen LogP contribution is -2.41. The molecule has 0 aromatic rings. The first-order valence-corrected chi connectivity index (χ1v) is 12.4. The van der Waals surface area contributed by atoms with Crippen LogP contribution >= 0.6 is 0 Å². The third-order valence-electron chi connectivity index (χ3n) is 5.97. The maximum absolute atomic E-state index is 11.8. The molecule has 4 atom stereocenters. The molecular formula is C24H46O6. The largest absolute Gasteiger partial charge is 0.463 e. The van der Waals surface area contributed by atoms with E-state index in [1.54, 1.807) is 0 Å². The molecule has 1 aliphatic heterocycles. The van der Waals surface area contributed by atoms with E-state index in [1.165, 1.54) is 77.0 Å². The van der Waals surface area contributed by atoms with E-state index >= 15 is 0 Å². The van der Waals surface area contributed by atoms with Crippen molar-refractivity contribution in [2.75, 3.05) is 13.2 Å². The van der Waals surface area contributed by atoms with E-state index in [0.717, 1.165) is 19.3 Å². The van der Waals surface area contributed by atoms with Crippen molar-refractivity contribution in [3.05, 3.63) is 0 Å². The number of aliphatic hydroxyl groups is 3. The first-order valence-electron chi connectivity index (χ1n) is 12.4. The zero-order valence-corrected chi connectivity index (χ0v) is 19.1. The molecule has 1 aliphatic rings. The van der Waals surface area contributed by atoms with Gasteiger partial charge in [0.1, 0.15) is 31.0 Å². The summed E-state index contributed by atoms with van der Waals surface area (Å²) in [5.74, 6) is -0.336. The third kappa shape index (κ3) is 12.9. The molecule has 3 N–H and O–H groups in total. The predicted molar refractivity (Wildman–Crippen MR) is 118 cm³/mol. The van der Waals surface area contributed by atoms with Crippen LogP contribution in [0.25, 0.3) is 0 Å². The van der Waals surface area contributed by atoms with Crippen LogP contribution in [0.15, 0.2) is 0 Å². The highest BCUT2D eigenvalue weighted by molar-refractivity contribution is 5.69. The van der Waals surface area contributed by atoms with Gasteiger partial charge in [-0.25, -0.2) is 0 Å². The minimum atomic E-state index is -1.14. The summed E-state index contributed by atoms with van der Waals surface area (Å²) in [6, 6.07) is 0. The van der Waals surface area contributed by atoms with Crippen LogP contribution in [0.5, 0.6) is 0 Å². The van der Waals surface area contributed by atoms with E-state index < -0.39 is 24.4 Å². The number of ether oxygens (including phenoxy) is 2. The molecule has 0 aromatic carbocycles. The molecule has 0 aliphatic carbocycles. The molecule has 6 nitrogen and oxygen atoms in total. The predicted octanol–water partition coefficient (Wildman–Crippen LogP) is 4.27. The second-order valence-electron chi connectivity index (χ2n) is 8.81. The van der Waals surface area contributed by atoms with Gasteiger partial charge in [0.2, 0.25) is 0 Å². The van der Waals surface area contributed by atoms with E-state index in [0.29, 0.717) is 6.42 Å². The van der Waals surface area contributed by atoms with Crippen molar-refractivity contribution in [1.82, 2.24) is 0 Å². The normalized spacial score (nSPS) is 22.3. The molecule has 1 fully saturated rings. The van der Waals surface area contributed by atoms with Crippen LogP contribution in [-0.4, -0.2) is 58.9 Å². The molecule has 0 bridgehead atoms. The Morgan fingerprint density at radius 1 is 0.867 bits per heavy atom. The zero-order valence-electron chi connectivity index (χ0n) is 19.1. The fraction of sp³-hybridized carbons (Fsp3) is 0.958. The number of aliphatic hydroxyl groups excluding tert-OH is 3. The third-order valence-corrected chi connectivity index (χ3v) is 5.97. The fourth-order valence-electron chi connectivity index (χ4n) is 3.95. The van der Waals surface area contributed by atoms with Gasteiger partial charge in [-0.1, -0.05) is 96.8 Å². The molecule has 6 heteroatoms. The van der Waals surface area contributed by atoms with Crippen molar-refractivity contribution in [2.24, 2.45) is 0 Å². The molecule has 0 unspecified atom stereocenters. The van der Waals surface area contributed by atoms with Gasteiger partial charge in [0.25, 0.3) is 0 Å². The van der Waals surface area contributed by atoms with Crippen molar-refractivity contribution in [1.29, 1.82) is 0 Å². The minimum absolute atomic E-state index is 0.0179. The van der Waals surface area contributed by atoms with Crippen molar-refractivity contribution in [3.63, 3.8) is 0 Å². The lowest BCUT2D eigenvalue weighted by atomic mass is 10.0. The van der Waals surface area contributed by atoms with E-state index in [-0.39, 0.29) is 19.2 Å². The molecule has 0 saturated carbocycles. The van der Waals surface area contributed by atoms with E-state index in [9.17, 15) is 20.1 Å². The van der Waals surface area contributed by atoms with Gasteiger partial charge < -0.3 is 24.8 Å². The maximum Gasteiger partial charge on any atom is 0.305 e. The van der Waals surface area contributed by atoms with Crippen LogP contribution < -0.4 is 0 Å². The first-order chi connectivity index (χ1) is 14.6. The van der Waals surface area contributed by atoms with Gasteiger partial charge in [0.05, 0.1) is 6.61 Å². The number of hydrogen-bond acceptors (Lipinski definition) is 6. The zero-order chi connectivity index (χ0) is 22.0. The van der Waals surface area contributed by atoms with Crippen LogP contribution in [0.4, 0.5) is 0 Å². The summed E-state index contributed by atoms with van der Waals surface area (Å²) in [5.41, 5.74) is 0. The number of carbonyl (C=O) groups excluding carboxylic acids is 1. The summed E-state index contributed by atoms with van der Waals surface area (Å²) in [4.78, 5) is 11.8. The lowest BCUT2D eigenvalue weighted by molar-refractivity contribution is -0.151. The standard InChI is InChI=1S/C24H46O6/c1-2-3-4-5-6-7-8-9-10-11-12-13-14-15-16-17-22(27)29-19-21(26)24-23(28)20(25)18-30-24/h20-21,23-26,28H,2-19H2,1H3/t20-,21-,23+,24+/m1/s1. The van der Waals surface area contributed by atoms with Crippen LogP contribution in [-0.2, 0) is 14.3 Å². The Balaban J connectivity index is 1.83. The van der Waals surface area contributed by atoms with Crippen LogP contribution in [0, 0.1) is 0 Å². The number of esters is 1. The summed E-state index contributed by atoms with van der Waals surface area (Å²) < 4.78 is 10.2. The smallest absolute Gasteiger partial charge is 0.305 e. The molecule has 0 aromatic heterocycles. The number of carbonyl (C=O) groups is 1. The Hall–Kier alpha value is -0.690. The Kier molecular flexibility index (Phi) is 16.3. The molecular weight excluding hydrogens is 384 g/mol. The average Bonchev–Trinajstić information content (AvgIpc) is 3.07. The number of rotatable bonds is 19. The highest BCUT2D eigenvalue weighted by Crippen LogP contribution is 2.18. The van der Waals surface area contributed by atoms with E-state index in [4.69, 9.17) is 9.47 Å². The van der Waals surface area contributed by atoms with Crippen LogP contribution in [0.2, 0.25) is 0 Å². The van der Waals surface area contributed by atoms with Crippen molar-refractivity contribution in [2.45, 2.75) is 134 Å². The summed E-state index contributed by atoms with van der Waals surface area (Å²) in [6.07, 6.45) is 15.4. The van der Waals surface area contributed by atoms with Crippen LogP contribution in [0.3, 0.4) is 0 Å². The summed E-state index contributed by atoms with van der Waals surface area (Å²) in [5, 5.41) is 29.0. The van der Waals surface area contributed by atoms with Crippen molar-refractivity contribution in [3.8, 4) is 0 Å². The van der Waals surface area contributed by atoms with Gasteiger partial charge in [-0.15, -0.1) is 0 Å². The lowest BCUT2D eigenvalue weighted by Gasteiger charge is -2.20. The van der Waals surface area contributed by atoms with E-state index in [2.05, 4.69) is 6.92 Å². The topological polar surface area (TPSA) is 96.2 Å². The summed E-state index contributed by atoms with van der Waals surface area (Å²) in [7, 11) is 0. The molecule has 0 spiro atoms. The second kappa shape index (κ2) is 17.9. The SMILES string of the molecule is CCCCCCCCCCCCCCCCCC(=O)OC[C@@H](O)[C@@H]1OC[C@@H](O)[C@@H]1O. The average molecular weight is 431 g/mol. The molecule has 1 rings (SSSR count). The molecule has 0 radical (unpaired) electrons. The Bertz CT molecular complexity index is 417. The molecule has 1 heterocycles. The minimum Gasteiger partial charge on any atom is -0.463 e. The quantitative estimate of drug-likeness (QED) is 0.209. The molecule has 178 valence electrons. The van der Waals surface area contributed by atoms with Crippen molar-refractivity contribution < 1.29 is 29.6 Å². The molecule has 1 saturated heterocycles. The summed E-state index contributed by atoms with van der Waals surface area (Å²) >= 11 is 0. The fourth-order valence-corrected chi connectivity index (χ4v) is 3.95. The van der Waals surface area contributed by atoms with Crippen molar-refractivity contribution >= 4 is 5.97 Å². The Morgan fingerprint density at radius 2 is 1.33 bits per heavy atom.